The summed E-state index contributed by atoms with van der Waals surface area (Å²) >= 11 is 0.643. The molecule has 1 aromatic rings. The zero-order valence-corrected chi connectivity index (χ0v) is 12.2. The predicted molar refractivity (Wildman–Crippen MR) is 82.8 cm³/mol. The third kappa shape index (κ3) is 9.88. The molecule has 2 N–H and O–H groups in total. The maximum absolute atomic E-state index is 11.4. The first-order chi connectivity index (χ1) is 9.26. The Labute approximate surface area is 148 Å². The molecule has 0 aliphatic rings. The summed E-state index contributed by atoms with van der Waals surface area (Å²) in [4.78, 5) is 22.2. The number of carbonyl (C=O) groups excluding carboxylic acids is 2. The molecule has 7 nitrogen and oxygen atoms in total. The number of thioether (sulfide) groups is 1. The van der Waals surface area contributed by atoms with Crippen LogP contribution in [0.15, 0.2) is 24.3 Å². The molecule has 0 saturated carbocycles. The molecular weight excluding hydrogens is 329 g/mol. The average Bonchev–Trinajstić information content (AvgIpc) is 2.29. The molecule has 1 amide bonds. The fourth-order valence-electron chi connectivity index (χ4n) is 1.17. The molecule has 10 heteroatoms. The van der Waals surface area contributed by atoms with E-state index in [9.17, 15) is 18.0 Å². The number of amides is 1. The van der Waals surface area contributed by atoms with Crippen molar-refractivity contribution in [3.63, 3.8) is 0 Å². The number of nitrogens with one attached hydrogen (secondary N) is 1. The minimum absolute atomic E-state index is 0. The van der Waals surface area contributed by atoms with Gasteiger partial charge in [0.25, 0.3) is 10.1 Å². The van der Waals surface area contributed by atoms with Gasteiger partial charge < -0.3 is 10.1 Å². The Hall–Kier alpha value is -0.580. The van der Waals surface area contributed by atoms with E-state index >= 15 is 0 Å². The van der Waals surface area contributed by atoms with Crippen molar-refractivity contribution in [3.8, 4) is 5.75 Å². The molecule has 1 rings (SSSR count). The van der Waals surface area contributed by atoms with Crippen LogP contribution < -0.4 is 10.1 Å². The molecule has 112 valence electrons. The fraction of sp³-hybridized carbons (Fsp3) is 0.273. The Morgan fingerprint density at radius 2 is 1.86 bits per heavy atom. The third-order valence-electron chi connectivity index (χ3n) is 1.94. The van der Waals surface area contributed by atoms with Crippen molar-refractivity contribution < 1.29 is 27.3 Å². The zero-order chi connectivity index (χ0) is 15.2. The van der Waals surface area contributed by atoms with Gasteiger partial charge in [-0.15, -0.1) is 0 Å². The van der Waals surface area contributed by atoms with Crippen LogP contribution >= 0.6 is 11.8 Å². The summed E-state index contributed by atoms with van der Waals surface area (Å²) in [5.74, 6) is -0.561. The van der Waals surface area contributed by atoms with Gasteiger partial charge in [0.15, 0.2) is 0 Å². The number of carbonyl (C=O) groups is 2. The van der Waals surface area contributed by atoms with Crippen LogP contribution in [0.25, 0.3) is 0 Å². The molecule has 0 aliphatic heterocycles. The van der Waals surface area contributed by atoms with Crippen LogP contribution in [0, 0.1) is 0 Å². The van der Waals surface area contributed by atoms with E-state index in [0.29, 0.717) is 17.4 Å². The van der Waals surface area contributed by atoms with Crippen molar-refractivity contribution in [1.29, 1.82) is 0 Å². The van der Waals surface area contributed by atoms with Crippen molar-refractivity contribution >= 4 is 68.3 Å². The SMILES string of the molecule is CC(=O)Nc1ccc(OC(=O)SCCS(=O)(=O)O)cc1.[NaH]. The summed E-state index contributed by atoms with van der Waals surface area (Å²) in [5.41, 5.74) is 0.566. The molecule has 21 heavy (non-hydrogen) atoms. The van der Waals surface area contributed by atoms with Gasteiger partial charge in [-0.3, -0.25) is 9.35 Å². The number of ether oxygens (including phenoxy) is 1. The van der Waals surface area contributed by atoms with Crippen molar-refractivity contribution in [2.45, 2.75) is 6.92 Å². The van der Waals surface area contributed by atoms with Crippen molar-refractivity contribution in [2.75, 3.05) is 16.8 Å². The van der Waals surface area contributed by atoms with Gasteiger partial charge in [-0.05, 0) is 36.0 Å². The van der Waals surface area contributed by atoms with Crippen molar-refractivity contribution in [3.05, 3.63) is 24.3 Å². The standard InChI is InChI=1S/C11H13NO6S2.Na.H/c1-8(13)12-9-2-4-10(5-3-9)18-11(14)19-6-7-20(15,16)17;;/h2-5H,6-7H2,1H3,(H,12,13)(H,15,16,17);;. The Morgan fingerprint density at radius 3 is 2.33 bits per heavy atom. The van der Waals surface area contributed by atoms with E-state index in [2.05, 4.69) is 5.32 Å². The van der Waals surface area contributed by atoms with Crippen LogP contribution in [0.3, 0.4) is 0 Å². The summed E-state index contributed by atoms with van der Waals surface area (Å²) in [5, 5.41) is 1.88. The predicted octanol–water partition coefficient (Wildman–Crippen LogP) is 1.12. The van der Waals surface area contributed by atoms with E-state index in [1.807, 2.05) is 0 Å². The van der Waals surface area contributed by atoms with E-state index in [4.69, 9.17) is 9.29 Å². The van der Waals surface area contributed by atoms with Crippen molar-refractivity contribution in [2.24, 2.45) is 0 Å². The molecule has 0 heterocycles. The molecule has 0 fully saturated rings. The third-order valence-corrected chi connectivity index (χ3v) is 3.64. The molecular formula is C11H14NNaO6S2. The fourth-order valence-corrected chi connectivity index (χ4v) is 2.66. The minimum atomic E-state index is -4.08. The van der Waals surface area contributed by atoms with Gasteiger partial charge in [0.2, 0.25) is 5.91 Å². The second-order valence-electron chi connectivity index (χ2n) is 3.69. The molecule has 0 aliphatic carbocycles. The number of hydrogen-bond donors (Lipinski definition) is 2. The first kappa shape index (κ1) is 20.4. The van der Waals surface area contributed by atoms with E-state index < -0.39 is 21.2 Å². The zero-order valence-electron chi connectivity index (χ0n) is 10.5. The van der Waals surface area contributed by atoms with Crippen LogP contribution in [-0.2, 0) is 14.9 Å². The Bertz CT molecular complexity index is 587. The maximum atomic E-state index is 11.4. The van der Waals surface area contributed by atoms with Gasteiger partial charge >= 0.3 is 34.9 Å². The number of hydrogen-bond acceptors (Lipinski definition) is 6. The number of rotatable bonds is 5. The van der Waals surface area contributed by atoms with Gasteiger partial charge in [-0.1, -0.05) is 0 Å². The van der Waals surface area contributed by atoms with Crippen LogP contribution in [-0.4, -0.2) is 65.2 Å². The Morgan fingerprint density at radius 1 is 1.29 bits per heavy atom. The molecule has 1 aromatic carbocycles. The van der Waals surface area contributed by atoms with Crippen LogP contribution in [0.4, 0.5) is 10.5 Å². The summed E-state index contributed by atoms with van der Waals surface area (Å²) in [7, 11) is -4.08. The average molecular weight is 343 g/mol. The Balaban J connectivity index is 0.00000400. The first-order valence-corrected chi connectivity index (χ1v) is 8.03. The quantitative estimate of drug-likeness (QED) is 0.468. The van der Waals surface area contributed by atoms with Gasteiger partial charge in [0, 0.05) is 18.4 Å². The first-order valence-electron chi connectivity index (χ1n) is 5.44. The van der Waals surface area contributed by atoms with Crippen LogP contribution in [0.2, 0.25) is 0 Å². The molecule has 0 spiro atoms. The molecule has 0 aromatic heterocycles. The molecule has 0 bridgehead atoms. The summed E-state index contributed by atoms with van der Waals surface area (Å²) < 4.78 is 34.3. The van der Waals surface area contributed by atoms with E-state index in [0.717, 1.165) is 0 Å². The molecule has 0 unspecified atom stereocenters. The Kier molecular flexibility index (Phi) is 9.18. The molecule has 0 saturated heterocycles. The summed E-state index contributed by atoms with van der Waals surface area (Å²) in [6, 6.07) is 6.11. The van der Waals surface area contributed by atoms with Gasteiger partial charge in [0.1, 0.15) is 5.75 Å². The van der Waals surface area contributed by atoms with E-state index in [-0.39, 0.29) is 47.0 Å². The van der Waals surface area contributed by atoms with Crippen LogP contribution in [0.5, 0.6) is 5.75 Å². The topological polar surface area (TPSA) is 110 Å². The second kappa shape index (κ2) is 9.44. The van der Waals surface area contributed by atoms with Crippen molar-refractivity contribution in [1.82, 2.24) is 0 Å². The number of anilines is 1. The summed E-state index contributed by atoms with van der Waals surface area (Å²) in [6.45, 7) is 1.37. The monoisotopic (exact) mass is 343 g/mol. The second-order valence-corrected chi connectivity index (χ2v) is 6.29. The van der Waals surface area contributed by atoms with Gasteiger partial charge in [-0.25, -0.2) is 4.79 Å². The van der Waals surface area contributed by atoms with Gasteiger partial charge in [0.05, 0.1) is 5.75 Å². The molecule has 0 radical (unpaired) electrons. The molecule has 0 atom stereocenters. The number of benzene rings is 1. The van der Waals surface area contributed by atoms with Gasteiger partial charge in [-0.2, -0.15) is 8.42 Å². The summed E-state index contributed by atoms with van der Waals surface area (Å²) in [6.07, 6.45) is 0. The van der Waals surface area contributed by atoms with E-state index in [1.54, 1.807) is 12.1 Å². The van der Waals surface area contributed by atoms with Crippen LogP contribution in [0.1, 0.15) is 6.92 Å². The normalized spacial score (nSPS) is 10.4. The van der Waals surface area contributed by atoms with E-state index in [1.165, 1.54) is 19.1 Å².